The Morgan fingerprint density at radius 2 is 1.79 bits per heavy atom. The average Bonchev–Trinajstić information content (AvgIpc) is 3.19. The third-order valence-electron chi connectivity index (χ3n) is 4.69. The monoisotopic (exact) mass is 414 g/mol. The summed E-state index contributed by atoms with van der Waals surface area (Å²) < 4.78 is 38.7. The number of aliphatic imine (C=N–C) groups is 1. The van der Waals surface area contributed by atoms with Crippen LogP contribution in [0.2, 0.25) is 0 Å². The molecule has 4 rings (SSSR count). The molecule has 3 aromatic rings. The Balaban J connectivity index is 1.52. The summed E-state index contributed by atoms with van der Waals surface area (Å²) >= 11 is 1.28. The molecular formula is C22H17F3N2OS. The van der Waals surface area contributed by atoms with Gasteiger partial charge in [-0.1, -0.05) is 66.4 Å². The first-order valence-electron chi connectivity index (χ1n) is 9.06. The van der Waals surface area contributed by atoms with Crippen LogP contribution in [0, 0.1) is 0 Å². The number of benzene rings is 3. The second-order valence-electron chi connectivity index (χ2n) is 6.63. The van der Waals surface area contributed by atoms with Gasteiger partial charge in [-0.2, -0.15) is 13.2 Å². The van der Waals surface area contributed by atoms with Crippen molar-refractivity contribution in [3.05, 3.63) is 83.4 Å². The first kappa shape index (κ1) is 19.5. The summed E-state index contributed by atoms with van der Waals surface area (Å²) in [6.45, 7) is 0.953. The van der Waals surface area contributed by atoms with Gasteiger partial charge in [-0.25, -0.2) is 0 Å². The van der Waals surface area contributed by atoms with Crippen LogP contribution >= 0.6 is 11.8 Å². The number of rotatable bonds is 3. The van der Waals surface area contributed by atoms with Crippen LogP contribution in [0.5, 0.6) is 0 Å². The fraction of sp³-hybridized carbons (Fsp3) is 0.182. The Hall–Kier alpha value is -2.80. The Morgan fingerprint density at radius 1 is 1.03 bits per heavy atom. The van der Waals surface area contributed by atoms with Crippen molar-refractivity contribution in [1.29, 1.82) is 0 Å². The van der Waals surface area contributed by atoms with Gasteiger partial charge in [0.1, 0.15) is 0 Å². The van der Waals surface area contributed by atoms with E-state index in [4.69, 9.17) is 0 Å². The standard InChI is InChI=1S/C22H17F3N2OS/c23-22(24,25)17-8-3-5-15(13-17)14-29-21-26-11-12-27(21)20(28)19-10-4-7-16-6-1-2-9-18(16)19/h1-10,13H,11-12,14H2. The molecule has 3 nitrogen and oxygen atoms in total. The number of amides is 1. The van der Waals surface area contributed by atoms with E-state index in [1.165, 1.54) is 17.8 Å². The highest BCUT2D eigenvalue weighted by Crippen LogP contribution is 2.31. The van der Waals surface area contributed by atoms with E-state index < -0.39 is 11.7 Å². The number of hydrogen-bond acceptors (Lipinski definition) is 3. The molecule has 0 fully saturated rings. The maximum atomic E-state index is 13.2. The third kappa shape index (κ3) is 4.15. The van der Waals surface area contributed by atoms with Crippen LogP contribution in [-0.2, 0) is 11.9 Å². The molecule has 0 bridgehead atoms. The van der Waals surface area contributed by atoms with Gasteiger partial charge >= 0.3 is 6.18 Å². The van der Waals surface area contributed by atoms with Crippen LogP contribution in [0.15, 0.2) is 71.7 Å². The van der Waals surface area contributed by atoms with Crippen LogP contribution in [0.1, 0.15) is 21.5 Å². The van der Waals surface area contributed by atoms with Crippen molar-refractivity contribution in [3.8, 4) is 0 Å². The van der Waals surface area contributed by atoms with E-state index in [1.807, 2.05) is 36.4 Å². The van der Waals surface area contributed by atoms with Crippen LogP contribution in [0.3, 0.4) is 0 Å². The first-order chi connectivity index (χ1) is 13.9. The molecule has 29 heavy (non-hydrogen) atoms. The lowest BCUT2D eigenvalue weighted by Crippen LogP contribution is -2.33. The molecule has 0 aromatic heterocycles. The zero-order valence-electron chi connectivity index (χ0n) is 15.3. The summed E-state index contributed by atoms with van der Waals surface area (Å²) in [5, 5.41) is 2.39. The minimum absolute atomic E-state index is 0.144. The highest BCUT2D eigenvalue weighted by atomic mass is 32.2. The molecule has 3 aromatic carbocycles. The smallest absolute Gasteiger partial charge is 0.286 e. The number of alkyl halides is 3. The maximum absolute atomic E-state index is 13.2. The largest absolute Gasteiger partial charge is 0.416 e. The van der Waals surface area contributed by atoms with Gasteiger partial charge < -0.3 is 0 Å². The zero-order valence-corrected chi connectivity index (χ0v) is 16.1. The van der Waals surface area contributed by atoms with E-state index in [1.54, 1.807) is 17.0 Å². The van der Waals surface area contributed by atoms with Crippen LogP contribution < -0.4 is 0 Å². The molecule has 0 saturated carbocycles. The number of halogens is 3. The molecule has 0 saturated heterocycles. The molecule has 1 aliphatic rings. The molecule has 0 unspecified atom stereocenters. The van der Waals surface area contributed by atoms with Crippen molar-refractivity contribution in [3.63, 3.8) is 0 Å². The lowest BCUT2D eigenvalue weighted by Gasteiger charge is -2.19. The third-order valence-corrected chi connectivity index (χ3v) is 5.77. The highest BCUT2D eigenvalue weighted by Gasteiger charge is 2.31. The van der Waals surface area contributed by atoms with Gasteiger partial charge in [-0.15, -0.1) is 0 Å². The number of carbonyl (C=O) groups excluding carboxylic acids is 1. The number of fused-ring (bicyclic) bond motifs is 1. The van der Waals surface area contributed by atoms with Gasteiger partial charge in [0.15, 0.2) is 5.17 Å². The second-order valence-corrected chi connectivity index (χ2v) is 7.58. The predicted octanol–water partition coefficient (Wildman–Crippen LogP) is 5.60. The lowest BCUT2D eigenvalue weighted by atomic mass is 10.0. The lowest BCUT2D eigenvalue weighted by molar-refractivity contribution is -0.137. The van der Waals surface area contributed by atoms with Crippen LogP contribution in [-0.4, -0.2) is 29.1 Å². The summed E-state index contributed by atoms with van der Waals surface area (Å²) in [6.07, 6.45) is -4.37. The summed E-state index contributed by atoms with van der Waals surface area (Å²) in [7, 11) is 0. The number of amidine groups is 1. The summed E-state index contributed by atoms with van der Waals surface area (Å²) in [5.74, 6) is 0.164. The summed E-state index contributed by atoms with van der Waals surface area (Å²) in [4.78, 5) is 19.2. The Morgan fingerprint density at radius 3 is 2.62 bits per heavy atom. The highest BCUT2D eigenvalue weighted by molar-refractivity contribution is 8.13. The molecule has 0 atom stereocenters. The molecule has 0 radical (unpaired) electrons. The SMILES string of the molecule is O=C(c1cccc2ccccc12)N1CCN=C1SCc1cccc(C(F)(F)F)c1. The fourth-order valence-electron chi connectivity index (χ4n) is 3.28. The summed E-state index contributed by atoms with van der Waals surface area (Å²) in [6, 6.07) is 18.5. The van der Waals surface area contributed by atoms with Gasteiger partial charge in [0, 0.05) is 17.9 Å². The number of hydrogen-bond donors (Lipinski definition) is 0. The minimum atomic E-state index is -4.37. The van der Waals surface area contributed by atoms with E-state index in [9.17, 15) is 18.0 Å². The van der Waals surface area contributed by atoms with Crippen molar-refractivity contribution < 1.29 is 18.0 Å². The Kier molecular flexibility index (Phi) is 5.32. The molecule has 148 valence electrons. The van der Waals surface area contributed by atoms with E-state index in [2.05, 4.69) is 4.99 Å². The second kappa shape index (κ2) is 7.91. The van der Waals surface area contributed by atoms with Crippen molar-refractivity contribution in [1.82, 2.24) is 4.90 Å². The van der Waals surface area contributed by atoms with Crippen molar-refractivity contribution in [2.75, 3.05) is 13.1 Å². The average molecular weight is 414 g/mol. The van der Waals surface area contributed by atoms with Crippen molar-refractivity contribution >= 4 is 33.6 Å². The number of nitrogens with zero attached hydrogens (tertiary/aromatic N) is 2. The Labute approximate surface area is 170 Å². The van der Waals surface area contributed by atoms with Crippen molar-refractivity contribution in [2.45, 2.75) is 11.9 Å². The van der Waals surface area contributed by atoms with Gasteiger partial charge in [0.2, 0.25) is 0 Å². The molecule has 0 N–H and O–H groups in total. The molecule has 0 aliphatic carbocycles. The summed E-state index contributed by atoms with van der Waals surface area (Å²) in [5.41, 5.74) is 0.460. The fourth-order valence-corrected chi connectivity index (χ4v) is 4.27. The molecule has 1 aliphatic heterocycles. The molecule has 0 spiro atoms. The number of thioether (sulfide) groups is 1. The Bertz CT molecular complexity index is 1090. The molecule has 1 amide bonds. The first-order valence-corrected chi connectivity index (χ1v) is 10.0. The quantitative estimate of drug-likeness (QED) is 0.559. The van der Waals surface area contributed by atoms with Gasteiger partial charge in [0.05, 0.1) is 12.1 Å². The normalized spacial score (nSPS) is 14.3. The zero-order chi connectivity index (χ0) is 20.4. The van der Waals surface area contributed by atoms with Crippen LogP contribution in [0.4, 0.5) is 13.2 Å². The topological polar surface area (TPSA) is 32.7 Å². The van der Waals surface area contributed by atoms with Gasteiger partial charge in [-0.3, -0.25) is 14.7 Å². The van der Waals surface area contributed by atoms with Crippen LogP contribution in [0.25, 0.3) is 10.8 Å². The molecule has 7 heteroatoms. The van der Waals surface area contributed by atoms with Gasteiger partial charge in [-0.05, 0) is 28.5 Å². The van der Waals surface area contributed by atoms with Crippen molar-refractivity contribution in [2.24, 2.45) is 4.99 Å². The van der Waals surface area contributed by atoms with E-state index in [-0.39, 0.29) is 5.91 Å². The molecule has 1 heterocycles. The van der Waals surface area contributed by atoms with Gasteiger partial charge in [0.25, 0.3) is 5.91 Å². The van der Waals surface area contributed by atoms with E-state index in [0.717, 1.165) is 22.9 Å². The minimum Gasteiger partial charge on any atom is -0.286 e. The maximum Gasteiger partial charge on any atom is 0.416 e. The van der Waals surface area contributed by atoms with E-state index in [0.29, 0.717) is 35.1 Å². The predicted molar refractivity (Wildman–Crippen MR) is 110 cm³/mol. The number of carbonyl (C=O) groups is 1. The van der Waals surface area contributed by atoms with E-state index >= 15 is 0 Å². The molecular weight excluding hydrogens is 397 g/mol.